The number of morpholine rings is 1. The molecule has 5 N–H and O–H groups in total. The first-order valence-corrected chi connectivity index (χ1v) is 11.6. The van der Waals surface area contributed by atoms with E-state index in [0.717, 1.165) is 30.9 Å². The fourth-order valence-corrected chi connectivity index (χ4v) is 4.37. The molecule has 0 bridgehead atoms. The summed E-state index contributed by atoms with van der Waals surface area (Å²) in [6, 6.07) is 14.2. The Morgan fingerprint density at radius 1 is 1.15 bits per heavy atom. The van der Waals surface area contributed by atoms with Crippen LogP contribution in [0.15, 0.2) is 48.5 Å². The number of piperidine rings is 1. The number of nitrogen functional groups attached to an aromatic ring is 1. The summed E-state index contributed by atoms with van der Waals surface area (Å²) >= 11 is 0. The van der Waals surface area contributed by atoms with Crippen LogP contribution in [0.2, 0.25) is 0 Å². The van der Waals surface area contributed by atoms with E-state index >= 15 is 0 Å². The number of aliphatic hydroxyl groups is 1. The average Bonchev–Trinajstić information content (AvgIpc) is 2.85. The summed E-state index contributed by atoms with van der Waals surface area (Å²) in [6.07, 6.45) is 0.740. The number of carbonyl (C=O) groups excluding carboxylic acids is 2. The Morgan fingerprint density at radius 2 is 1.88 bits per heavy atom. The zero-order valence-corrected chi connectivity index (χ0v) is 19.1. The van der Waals surface area contributed by atoms with E-state index < -0.39 is 24.0 Å². The van der Waals surface area contributed by atoms with Gasteiger partial charge in [0.2, 0.25) is 0 Å². The molecular weight excluding hydrogens is 434 g/mol. The molecule has 9 nitrogen and oxygen atoms in total. The highest BCUT2D eigenvalue weighted by atomic mass is 16.5. The topological polar surface area (TPSA) is 132 Å². The fraction of sp³-hybridized carbons (Fsp3) is 0.400. The van der Waals surface area contributed by atoms with Crippen molar-refractivity contribution in [3.8, 4) is 0 Å². The molecule has 9 heteroatoms. The minimum Gasteiger partial charge on any atom is -0.384 e. The molecule has 2 aliphatic rings. The van der Waals surface area contributed by atoms with Crippen molar-refractivity contribution in [3.63, 3.8) is 0 Å². The third-order valence-corrected chi connectivity index (χ3v) is 6.22. The van der Waals surface area contributed by atoms with E-state index in [2.05, 4.69) is 16.3 Å². The number of anilines is 2. The molecule has 2 aliphatic heterocycles. The number of likely N-dealkylation sites (tertiary alicyclic amines) is 1. The summed E-state index contributed by atoms with van der Waals surface area (Å²) in [5, 5.41) is 20.6. The maximum atomic E-state index is 13.2. The zero-order chi connectivity index (χ0) is 24.1. The van der Waals surface area contributed by atoms with Gasteiger partial charge in [-0.25, -0.2) is 0 Å². The highest BCUT2D eigenvalue weighted by molar-refractivity contribution is 6.04. The van der Waals surface area contributed by atoms with Crippen LogP contribution in [-0.2, 0) is 20.9 Å². The zero-order valence-electron chi connectivity index (χ0n) is 19.1. The third-order valence-electron chi connectivity index (χ3n) is 6.22. The Balaban J connectivity index is 1.41. The van der Waals surface area contributed by atoms with Crippen molar-refractivity contribution >= 4 is 29.0 Å². The quantitative estimate of drug-likeness (QED) is 0.363. The van der Waals surface area contributed by atoms with E-state index in [9.17, 15) is 14.7 Å². The lowest BCUT2D eigenvalue weighted by Crippen LogP contribution is -2.55. The SMILES string of the molecule is N=C(N)c1ccc(NC(=O)[C@H](O)[C@H]2OCCN(c3cccc(CN4CCCCC4)c3)C2=O)cc1. The predicted molar refractivity (Wildman–Crippen MR) is 130 cm³/mol. The Kier molecular flexibility index (Phi) is 7.56. The van der Waals surface area contributed by atoms with Crippen LogP contribution in [0.1, 0.15) is 30.4 Å². The van der Waals surface area contributed by atoms with Crippen LogP contribution in [0.5, 0.6) is 0 Å². The van der Waals surface area contributed by atoms with Gasteiger partial charge in [0.25, 0.3) is 11.8 Å². The summed E-state index contributed by atoms with van der Waals surface area (Å²) in [4.78, 5) is 29.8. The molecule has 0 spiro atoms. The highest BCUT2D eigenvalue weighted by Crippen LogP contribution is 2.23. The number of amidine groups is 1. The number of aliphatic hydroxyl groups excluding tert-OH is 1. The van der Waals surface area contributed by atoms with Gasteiger partial charge < -0.3 is 25.8 Å². The van der Waals surface area contributed by atoms with Crippen LogP contribution in [0.25, 0.3) is 0 Å². The number of nitrogens with one attached hydrogen (secondary N) is 2. The lowest BCUT2D eigenvalue weighted by atomic mass is 10.1. The smallest absolute Gasteiger partial charge is 0.259 e. The number of benzene rings is 2. The summed E-state index contributed by atoms with van der Waals surface area (Å²) in [6.45, 7) is 3.57. The molecule has 180 valence electrons. The Morgan fingerprint density at radius 3 is 2.59 bits per heavy atom. The number of hydrogen-bond donors (Lipinski definition) is 4. The minimum absolute atomic E-state index is 0.0841. The minimum atomic E-state index is -1.67. The second-order valence-electron chi connectivity index (χ2n) is 8.71. The van der Waals surface area contributed by atoms with E-state index in [4.69, 9.17) is 15.9 Å². The molecule has 0 aromatic heterocycles. The molecule has 0 saturated carbocycles. The second kappa shape index (κ2) is 10.8. The predicted octanol–water partition coefficient (Wildman–Crippen LogP) is 1.69. The van der Waals surface area contributed by atoms with Crippen LogP contribution in [0, 0.1) is 5.41 Å². The first-order valence-electron chi connectivity index (χ1n) is 11.6. The second-order valence-corrected chi connectivity index (χ2v) is 8.71. The molecule has 34 heavy (non-hydrogen) atoms. The van der Waals surface area contributed by atoms with Crippen LogP contribution in [0.4, 0.5) is 11.4 Å². The fourth-order valence-electron chi connectivity index (χ4n) is 4.37. The molecule has 2 saturated heterocycles. The molecule has 0 aliphatic carbocycles. The number of ether oxygens (including phenoxy) is 1. The highest BCUT2D eigenvalue weighted by Gasteiger charge is 2.39. The Bertz CT molecular complexity index is 1040. The number of nitrogens with zero attached hydrogens (tertiary/aromatic N) is 2. The van der Waals surface area contributed by atoms with Crippen molar-refractivity contribution in [1.82, 2.24) is 4.90 Å². The maximum absolute atomic E-state index is 13.2. The molecule has 2 aromatic rings. The summed E-state index contributed by atoms with van der Waals surface area (Å²) < 4.78 is 5.51. The van der Waals surface area contributed by atoms with E-state index in [1.807, 2.05) is 18.2 Å². The van der Waals surface area contributed by atoms with Crippen molar-refractivity contribution in [2.75, 3.05) is 36.5 Å². The van der Waals surface area contributed by atoms with Crippen LogP contribution < -0.4 is 16.0 Å². The monoisotopic (exact) mass is 465 g/mol. The normalized spacial score (nSPS) is 20.1. The lowest BCUT2D eigenvalue weighted by Gasteiger charge is -2.34. The van der Waals surface area contributed by atoms with E-state index in [0.29, 0.717) is 17.8 Å². The summed E-state index contributed by atoms with van der Waals surface area (Å²) in [5.74, 6) is -1.27. The molecule has 2 atom stereocenters. The molecular formula is C25H31N5O4. The van der Waals surface area contributed by atoms with Gasteiger partial charge in [0.15, 0.2) is 12.2 Å². The number of nitrogens with two attached hydrogens (primary N) is 1. The number of hydrogen-bond acceptors (Lipinski definition) is 6. The van der Waals surface area contributed by atoms with Gasteiger partial charge in [0.1, 0.15) is 5.84 Å². The molecule has 0 unspecified atom stereocenters. The van der Waals surface area contributed by atoms with E-state index in [1.54, 1.807) is 29.2 Å². The van der Waals surface area contributed by atoms with Crippen molar-refractivity contribution < 1.29 is 19.4 Å². The largest absolute Gasteiger partial charge is 0.384 e. The van der Waals surface area contributed by atoms with Crippen molar-refractivity contribution in [1.29, 1.82) is 5.41 Å². The van der Waals surface area contributed by atoms with Gasteiger partial charge in [-0.2, -0.15) is 0 Å². The van der Waals surface area contributed by atoms with Gasteiger partial charge in [0, 0.05) is 30.0 Å². The number of carbonyl (C=O) groups is 2. The molecule has 2 fully saturated rings. The molecule has 2 heterocycles. The average molecular weight is 466 g/mol. The lowest BCUT2D eigenvalue weighted by molar-refractivity contribution is -0.150. The van der Waals surface area contributed by atoms with Crippen LogP contribution in [0.3, 0.4) is 0 Å². The third kappa shape index (κ3) is 5.61. The Labute approximate surface area is 199 Å². The first kappa shape index (κ1) is 23.9. The van der Waals surface area contributed by atoms with E-state index in [-0.39, 0.29) is 12.4 Å². The van der Waals surface area contributed by atoms with E-state index in [1.165, 1.54) is 19.3 Å². The molecule has 2 amide bonds. The van der Waals surface area contributed by atoms with Gasteiger partial charge in [-0.05, 0) is 67.9 Å². The number of amides is 2. The van der Waals surface area contributed by atoms with Crippen LogP contribution >= 0.6 is 0 Å². The van der Waals surface area contributed by atoms with Crippen LogP contribution in [-0.4, -0.2) is 66.1 Å². The van der Waals surface area contributed by atoms with Gasteiger partial charge in [0.05, 0.1) is 6.61 Å². The van der Waals surface area contributed by atoms with Crippen molar-refractivity contribution in [2.45, 2.75) is 38.0 Å². The Hall–Kier alpha value is -3.27. The van der Waals surface area contributed by atoms with Crippen molar-refractivity contribution in [3.05, 3.63) is 59.7 Å². The van der Waals surface area contributed by atoms with Gasteiger partial charge in [-0.15, -0.1) is 0 Å². The van der Waals surface area contributed by atoms with Gasteiger partial charge in [-0.3, -0.25) is 19.9 Å². The first-order chi connectivity index (χ1) is 16.4. The molecule has 2 aromatic carbocycles. The standard InChI is InChI=1S/C25H31N5O4/c26-23(27)18-7-9-19(10-8-18)28-24(32)21(31)22-25(33)30(13-14-34-22)20-6-4-5-17(15-20)16-29-11-2-1-3-12-29/h4-10,15,21-22,31H,1-3,11-14,16H2,(H3,26,27)(H,28,32)/t21-,22-/m1/s1. The number of rotatable bonds is 7. The summed E-state index contributed by atoms with van der Waals surface area (Å²) in [5.41, 5.74) is 8.23. The molecule has 0 radical (unpaired) electrons. The van der Waals surface area contributed by atoms with Crippen molar-refractivity contribution in [2.24, 2.45) is 5.73 Å². The van der Waals surface area contributed by atoms with Gasteiger partial charge >= 0.3 is 0 Å². The summed E-state index contributed by atoms with van der Waals surface area (Å²) in [7, 11) is 0. The maximum Gasteiger partial charge on any atom is 0.259 e. The van der Waals surface area contributed by atoms with Gasteiger partial charge in [-0.1, -0.05) is 18.6 Å². The molecule has 4 rings (SSSR count).